The number of nitrogen functional groups attached to an aromatic ring is 1. The second-order valence-electron chi connectivity index (χ2n) is 2.69. The molecule has 0 aliphatic carbocycles. The second-order valence-corrected chi connectivity index (χ2v) is 2.69. The van der Waals surface area contributed by atoms with Crippen LogP contribution >= 0.6 is 0 Å². The van der Waals surface area contributed by atoms with Gasteiger partial charge in [0, 0.05) is 17.3 Å². The maximum absolute atomic E-state index is 12.9. The minimum Gasteiger partial charge on any atom is -0.403 e. The van der Waals surface area contributed by atoms with Gasteiger partial charge in [-0.2, -0.15) is 0 Å². The highest BCUT2D eigenvalue weighted by molar-refractivity contribution is 5.50. The van der Waals surface area contributed by atoms with Crippen LogP contribution in [0.15, 0.2) is 12.1 Å². The van der Waals surface area contributed by atoms with Gasteiger partial charge in [0.1, 0.15) is 0 Å². The van der Waals surface area contributed by atoms with E-state index in [2.05, 4.69) is 4.74 Å². The van der Waals surface area contributed by atoms with Gasteiger partial charge in [0.15, 0.2) is 11.6 Å². The Kier molecular flexibility index (Phi) is 3.04. The first-order chi connectivity index (χ1) is 6.83. The van der Waals surface area contributed by atoms with Crippen molar-refractivity contribution in [3.8, 4) is 5.75 Å². The van der Waals surface area contributed by atoms with Crippen LogP contribution in [0.5, 0.6) is 5.75 Å². The van der Waals surface area contributed by atoms with Crippen molar-refractivity contribution in [1.29, 1.82) is 0 Å². The Morgan fingerprint density at radius 2 is 1.93 bits per heavy atom. The van der Waals surface area contributed by atoms with Gasteiger partial charge < -0.3 is 15.6 Å². The quantitative estimate of drug-likeness (QED) is 0.596. The van der Waals surface area contributed by atoms with Gasteiger partial charge in [0.05, 0.1) is 6.61 Å². The Balaban J connectivity index is 3.08. The molecule has 0 radical (unpaired) electrons. The van der Waals surface area contributed by atoms with E-state index in [1.54, 1.807) is 0 Å². The maximum Gasteiger partial charge on any atom is 0.573 e. The Morgan fingerprint density at radius 1 is 1.33 bits per heavy atom. The van der Waals surface area contributed by atoms with E-state index in [9.17, 15) is 17.6 Å². The van der Waals surface area contributed by atoms with Crippen molar-refractivity contribution in [2.75, 3.05) is 5.73 Å². The summed E-state index contributed by atoms with van der Waals surface area (Å²) in [7, 11) is 0. The van der Waals surface area contributed by atoms with Crippen molar-refractivity contribution in [3.05, 3.63) is 23.5 Å². The van der Waals surface area contributed by atoms with Gasteiger partial charge in [-0.15, -0.1) is 13.2 Å². The van der Waals surface area contributed by atoms with Crippen LogP contribution in [-0.4, -0.2) is 11.5 Å². The molecule has 7 heteroatoms. The van der Waals surface area contributed by atoms with Crippen molar-refractivity contribution in [3.63, 3.8) is 0 Å². The summed E-state index contributed by atoms with van der Waals surface area (Å²) in [5, 5.41) is 8.69. The summed E-state index contributed by atoms with van der Waals surface area (Å²) in [6, 6.07) is 1.37. The minimum atomic E-state index is -4.98. The van der Waals surface area contributed by atoms with Crippen molar-refractivity contribution >= 4 is 5.69 Å². The van der Waals surface area contributed by atoms with Crippen LogP contribution in [0.25, 0.3) is 0 Å². The predicted octanol–water partition coefficient (Wildman–Crippen LogP) is 1.80. The highest BCUT2D eigenvalue weighted by atomic mass is 19.4. The molecule has 0 saturated carbocycles. The van der Waals surface area contributed by atoms with E-state index in [1.807, 2.05) is 0 Å². The number of ether oxygens (including phenoxy) is 1. The number of anilines is 1. The van der Waals surface area contributed by atoms with Gasteiger partial charge in [-0.25, -0.2) is 4.39 Å². The normalized spacial score (nSPS) is 11.5. The summed E-state index contributed by atoms with van der Waals surface area (Å²) >= 11 is 0. The largest absolute Gasteiger partial charge is 0.573 e. The SMILES string of the molecule is Nc1cc(F)c(OC(F)(F)F)cc1CO. The number of benzene rings is 1. The van der Waals surface area contributed by atoms with Crippen LogP contribution < -0.4 is 10.5 Å². The van der Waals surface area contributed by atoms with Gasteiger partial charge in [0.25, 0.3) is 0 Å². The Bertz CT molecular complexity index is 364. The third-order valence-corrected chi connectivity index (χ3v) is 1.59. The summed E-state index contributed by atoms with van der Waals surface area (Å²) in [4.78, 5) is 0. The van der Waals surface area contributed by atoms with Gasteiger partial charge in [-0.1, -0.05) is 0 Å². The van der Waals surface area contributed by atoms with Gasteiger partial charge in [-0.3, -0.25) is 0 Å². The number of halogens is 4. The zero-order valence-electron chi connectivity index (χ0n) is 7.31. The zero-order valence-corrected chi connectivity index (χ0v) is 7.31. The minimum absolute atomic E-state index is 0.0318. The number of nitrogens with two attached hydrogens (primary N) is 1. The number of aliphatic hydroxyl groups excluding tert-OH is 1. The number of hydrogen-bond donors (Lipinski definition) is 2. The van der Waals surface area contributed by atoms with Crippen molar-refractivity contribution in [2.45, 2.75) is 13.0 Å². The van der Waals surface area contributed by atoms with Crippen LogP contribution in [-0.2, 0) is 6.61 Å². The Labute approximate surface area is 82.1 Å². The Hall–Kier alpha value is -1.50. The molecule has 0 amide bonds. The van der Waals surface area contributed by atoms with Crippen LogP contribution in [0.2, 0.25) is 0 Å². The summed E-state index contributed by atoms with van der Waals surface area (Å²) in [5.41, 5.74) is 5.06. The molecule has 1 aromatic carbocycles. The van der Waals surface area contributed by atoms with Crippen molar-refractivity contribution < 1.29 is 27.4 Å². The number of hydrogen-bond acceptors (Lipinski definition) is 3. The Morgan fingerprint density at radius 3 is 2.40 bits per heavy atom. The number of aliphatic hydroxyl groups is 1. The van der Waals surface area contributed by atoms with Crippen LogP contribution in [0.3, 0.4) is 0 Å². The average Bonchev–Trinajstić information content (AvgIpc) is 2.07. The third kappa shape index (κ3) is 2.98. The van der Waals surface area contributed by atoms with Crippen LogP contribution in [0, 0.1) is 5.82 Å². The monoisotopic (exact) mass is 225 g/mol. The molecule has 1 aromatic rings. The molecule has 0 bridgehead atoms. The molecule has 3 N–H and O–H groups in total. The van der Waals surface area contributed by atoms with Gasteiger partial charge >= 0.3 is 6.36 Å². The standard InChI is InChI=1S/C8H7F4NO2/c9-5-2-6(13)4(3-14)1-7(5)15-8(10,11)12/h1-2,14H,3,13H2. The van der Waals surface area contributed by atoms with E-state index in [0.717, 1.165) is 0 Å². The van der Waals surface area contributed by atoms with Gasteiger partial charge in [-0.05, 0) is 6.07 Å². The first-order valence-corrected chi connectivity index (χ1v) is 3.78. The lowest BCUT2D eigenvalue weighted by Gasteiger charge is -2.11. The molecule has 0 aromatic heterocycles. The van der Waals surface area contributed by atoms with E-state index in [1.165, 1.54) is 0 Å². The predicted molar refractivity (Wildman–Crippen MR) is 43.4 cm³/mol. The lowest BCUT2D eigenvalue weighted by Crippen LogP contribution is -2.18. The molecule has 84 valence electrons. The van der Waals surface area contributed by atoms with Gasteiger partial charge in [0.2, 0.25) is 0 Å². The second kappa shape index (κ2) is 3.93. The fourth-order valence-corrected chi connectivity index (χ4v) is 0.951. The summed E-state index contributed by atoms with van der Waals surface area (Å²) in [6.07, 6.45) is -4.98. The van der Waals surface area contributed by atoms with E-state index in [4.69, 9.17) is 10.8 Å². The summed E-state index contributed by atoms with van der Waals surface area (Å²) in [5.74, 6) is -2.25. The first-order valence-electron chi connectivity index (χ1n) is 3.78. The molecule has 0 spiro atoms. The van der Waals surface area contributed by atoms with E-state index in [-0.39, 0.29) is 11.3 Å². The summed E-state index contributed by atoms with van der Waals surface area (Å²) < 4.78 is 51.6. The zero-order chi connectivity index (χ0) is 11.6. The maximum atomic E-state index is 12.9. The average molecular weight is 225 g/mol. The third-order valence-electron chi connectivity index (χ3n) is 1.59. The molecule has 0 heterocycles. The molecule has 0 aliphatic rings. The summed E-state index contributed by atoms with van der Waals surface area (Å²) in [6.45, 7) is -0.597. The number of alkyl halides is 3. The number of rotatable bonds is 2. The molecule has 3 nitrogen and oxygen atoms in total. The molecule has 0 unspecified atom stereocenters. The first kappa shape index (κ1) is 11.6. The molecule has 0 fully saturated rings. The van der Waals surface area contributed by atoms with Crippen molar-refractivity contribution in [1.82, 2.24) is 0 Å². The van der Waals surface area contributed by atoms with Crippen LogP contribution in [0.4, 0.5) is 23.2 Å². The van der Waals surface area contributed by atoms with Crippen molar-refractivity contribution in [2.24, 2.45) is 0 Å². The molecule has 0 aliphatic heterocycles. The lowest BCUT2D eigenvalue weighted by atomic mass is 10.2. The molecule has 0 saturated heterocycles. The topological polar surface area (TPSA) is 55.5 Å². The fraction of sp³-hybridized carbons (Fsp3) is 0.250. The van der Waals surface area contributed by atoms with Crippen LogP contribution in [0.1, 0.15) is 5.56 Å². The molecular formula is C8H7F4NO2. The van der Waals surface area contributed by atoms with E-state index >= 15 is 0 Å². The molecule has 0 atom stereocenters. The smallest absolute Gasteiger partial charge is 0.403 e. The van der Waals surface area contributed by atoms with E-state index < -0.39 is 24.5 Å². The lowest BCUT2D eigenvalue weighted by molar-refractivity contribution is -0.275. The highest BCUT2D eigenvalue weighted by Crippen LogP contribution is 2.29. The molecule has 15 heavy (non-hydrogen) atoms. The van der Waals surface area contributed by atoms with E-state index in [0.29, 0.717) is 12.1 Å². The fourth-order valence-electron chi connectivity index (χ4n) is 0.951. The highest BCUT2D eigenvalue weighted by Gasteiger charge is 2.32. The molecule has 1 rings (SSSR count). The molecular weight excluding hydrogens is 218 g/mol.